The van der Waals surface area contributed by atoms with Crippen LogP contribution in [0.2, 0.25) is 0 Å². The molecular weight excluding hydrogens is 293 g/mol. The van der Waals surface area contributed by atoms with Gasteiger partial charge in [0, 0.05) is 10.9 Å². The van der Waals surface area contributed by atoms with E-state index < -0.39 is 11.7 Å². The number of hydrogen-bond acceptors (Lipinski definition) is 2. The number of furan rings is 1. The van der Waals surface area contributed by atoms with Gasteiger partial charge in [-0.25, -0.2) is 0 Å². The predicted molar refractivity (Wildman–Crippen MR) is 76.7 cm³/mol. The molecule has 114 valence electrons. The Morgan fingerprint density at radius 1 is 1.05 bits per heavy atom. The van der Waals surface area contributed by atoms with E-state index in [1.165, 1.54) is 12.1 Å². The zero-order chi connectivity index (χ0) is 15.7. The van der Waals surface area contributed by atoms with Crippen molar-refractivity contribution in [1.82, 2.24) is 0 Å². The van der Waals surface area contributed by atoms with E-state index in [-0.39, 0.29) is 6.61 Å². The van der Waals surface area contributed by atoms with Gasteiger partial charge in [-0.1, -0.05) is 12.1 Å². The Hall–Kier alpha value is -2.43. The molecule has 1 aromatic heterocycles. The fourth-order valence-corrected chi connectivity index (χ4v) is 2.35. The van der Waals surface area contributed by atoms with Gasteiger partial charge in [0.15, 0.2) is 0 Å². The van der Waals surface area contributed by atoms with Gasteiger partial charge in [0.05, 0.1) is 11.8 Å². The maximum Gasteiger partial charge on any atom is 0.416 e. The molecule has 0 unspecified atom stereocenters. The van der Waals surface area contributed by atoms with Crippen LogP contribution in [0.25, 0.3) is 11.0 Å². The zero-order valence-electron chi connectivity index (χ0n) is 11.8. The Labute approximate surface area is 125 Å². The van der Waals surface area contributed by atoms with Gasteiger partial charge in [0.25, 0.3) is 0 Å². The van der Waals surface area contributed by atoms with Crippen molar-refractivity contribution in [2.75, 3.05) is 0 Å². The van der Waals surface area contributed by atoms with Crippen LogP contribution in [0.4, 0.5) is 13.2 Å². The molecule has 22 heavy (non-hydrogen) atoms. The van der Waals surface area contributed by atoms with E-state index in [9.17, 15) is 13.2 Å². The molecule has 0 atom stereocenters. The highest BCUT2D eigenvalue weighted by atomic mass is 19.4. The topological polar surface area (TPSA) is 22.4 Å². The molecule has 0 aliphatic carbocycles. The van der Waals surface area contributed by atoms with Crippen LogP contribution < -0.4 is 4.74 Å². The summed E-state index contributed by atoms with van der Waals surface area (Å²) in [7, 11) is 0. The Balaban J connectivity index is 1.77. The standard InChI is InChI=1S/C17H13F3O2/c1-11-3-2-4-15-16(11)12(10-22-15)9-21-14-7-5-13(6-8-14)17(18,19)20/h2-8,10H,9H2,1H3. The van der Waals surface area contributed by atoms with E-state index >= 15 is 0 Å². The zero-order valence-corrected chi connectivity index (χ0v) is 11.8. The SMILES string of the molecule is Cc1cccc2occ(COc3ccc(C(F)(F)F)cc3)c12. The third-order valence-electron chi connectivity index (χ3n) is 3.46. The maximum absolute atomic E-state index is 12.5. The number of halogens is 3. The number of ether oxygens (including phenoxy) is 1. The maximum atomic E-state index is 12.5. The summed E-state index contributed by atoms with van der Waals surface area (Å²) in [6, 6.07) is 10.4. The molecule has 0 aliphatic heterocycles. The second kappa shape index (κ2) is 5.40. The summed E-state index contributed by atoms with van der Waals surface area (Å²) in [5, 5.41) is 0.981. The fourth-order valence-electron chi connectivity index (χ4n) is 2.35. The van der Waals surface area contributed by atoms with Gasteiger partial charge in [0.2, 0.25) is 0 Å². The number of aryl methyl sites for hydroxylation is 1. The Kier molecular flexibility index (Phi) is 3.56. The van der Waals surface area contributed by atoms with Gasteiger partial charge >= 0.3 is 6.18 Å². The highest BCUT2D eigenvalue weighted by Gasteiger charge is 2.30. The number of benzene rings is 2. The molecule has 2 nitrogen and oxygen atoms in total. The number of alkyl halides is 3. The van der Waals surface area contributed by atoms with E-state index in [4.69, 9.17) is 9.15 Å². The lowest BCUT2D eigenvalue weighted by Crippen LogP contribution is -2.04. The van der Waals surface area contributed by atoms with E-state index in [2.05, 4.69) is 0 Å². The molecule has 0 amide bonds. The van der Waals surface area contributed by atoms with Crippen LogP contribution in [-0.2, 0) is 12.8 Å². The van der Waals surface area contributed by atoms with Crippen molar-refractivity contribution in [3.05, 3.63) is 65.4 Å². The van der Waals surface area contributed by atoms with Crippen LogP contribution in [0.5, 0.6) is 5.75 Å². The van der Waals surface area contributed by atoms with Crippen LogP contribution in [-0.4, -0.2) is 0 Å². The molecule has 0 radical (unpaired) electrons. The van der Waals surface area contributed by atoms with Crippen molar-refractivity contribution in [3.63, 3.8) is 0 Å². The second-order valence-electron chi connectivity index (χ2n) is 5.02. The quantitative estimate of drug-likeness (QED) is 0.652. The molecule has 1 heterocycles. The van der Waals surface area contributed by atoms with Gasteiger partial charge < -0.3 is 9.15 Å². The summed E-state index contributed by atoms with van der Waals surface area (Å²) in [5.41, 5.74) is 2.01. The molecule has 2 aromatic carbocycles. The van der Waals surface area contributed by atoms with E-state index in [1.54, 1.807) is 6.26 Å². The molecule has 3 aromatic rings. The molecule has 0 fully saturated rings. The van der Waals surface area contributed by atoms with Gasteiger partial charge in [-0.15, -0.1) is 0 Å². The third-order valence-corrected chi connectivity index (χ3v) is 3.46. The lowest BCUT2D eigenvalue weighted by molar-refractivity contribution is -0.137. The number of hydrogen-bond donors (Lipinski definition) is 0. The smallest absolute Gasteiger partial charge is 0.416 e. The summed E-state index contributed by atoms with van der Waals surface area (Å²) in [6.45, 7) is 2.21. The van der Waals surface area contributed by atoms with Gasteiger partial charge in [-0.3, -0.25) is 0 Å². The first-order valence-corrected chi connectivity index (χ1v) is 6.71. The Morgan fingerprint density at radius 3 is 2.45 bits per heavy atom. The van der Waals surface area contributed by atoms with Crippen LogP contribution in [0.1, 0.15) is 16.7 Å². The third kappa shape index (κ3) is 2.79. The fraction of sp³-hybridized carbons (Fsp3) is 0.176. The first kappa shape index (κ1) is 14.5. The predicted octanol–water partition coefficient (Wildman–Crippen LogP) is 5.34. The molecular formula is C17H13F3O2. The van der Waals surface area contributed by atoms with Crippen molar-refractivity contribution in [1.29, 1.82) is 0 Å². The lowest BCUT2D eigenvalue weighted by Gasteiger charge is -2.09. The molecule has 0 aliphatic rings. The van der Waals surface area contributed by atoms with Crippen molar-refractivity contribution in [2.45, 2.75) is 19.7 Å². The number of fused-ring (bicyclic) bond motifs is 1. The minimum absolute atomic E-state index is 0.239. The van der Waals surface area contributed by atoms with E-state index in [1.807, 2.05) is 25.1 Å². The van der Waals surface area contributed by atoms with Crippen LogP contribution in [0, 0.1) is 6.92 Å². The first-order chi connectivity index (χ1) is 10.4. The minimum atomic E-state index is -4.34. The second-order valence-corrected chi connectivity index (χ2v) is 5.02. The summed E-state index contributed by atoms with van der Waals surface area (Å²) in [5.74, 6) is 0.385. The molecule has 0 bridgehead atoms. The summed E-state index contributed by atoms with van der Waals surface area (Å²) >= 11 is 0. The summed E-state index contributed by atoms with van der Waals surface area (Å²) in [4.78, 5) is 0. The largest absolute Gasteiger partial charge is 0.489 e. The van der Waals surface area contributed by atoms with Gasteiger partial charge in [-0.05, 0) is 42.8 Å². The summed E-state index contributed by atoms with van der Waals surface area (Å²) in [6.07, 6.45) is -2.72. The molecule has 0 saturated heterocycles. The van der Waals surface area contributed by atoms with Gasteiger partial charge in [0.1, 0.15) is 17.9 Å². The van der Waals surface area contributed by atoms with E-state index in [0.29, 0.717) is 5.75 Å². The van der Waals surface area contributed by atoms with Crippen molar-refractivity contribution in [3.8, 4) is 5.75 Å². The highest BCUT2D eigenvalue weighted by molar-refractivity contribution is 5.84. The van der Waals surface area contributed by atoms with Crippen LogP contribution in [0.3, 0.4) is 0 Å². The van der Waals surface area contributed by atoms with Crippen LogP contribution in [0.15, 0.2) is 53.1 Å². The van der Waals surface area contributed by atoms with Crippen LogP contribution >= 0.6 is 0 Å². The minimum Gasteiger partial charge on any atom is -0.489 e. The number of rotatable bonds is 3. The van der Waals surface area contributed by atoms with E-state index in [0.717, 1.165) is 34.2 Å². The van der Waals surface area contributed by atoms with Crippen molar-refractivity contribution >= 4 is 11.0 Å². The molecule has 3 rings (SSSR count). The molecule has 0 saturated carbocycles. The summed E-state index contributed by atoms with van der Waals surface area (Å²) < 4.78 is 48.5. The molecule has 5 heteroatoms. The Morgan fingerprint density at radius 2 is 1.77 bits per heavy atom. The molecule has 0 N–H and O–H groups in total. The average molecular weight is 306 g/mol. The van der Waals surface area contributed by atoms with Crippen molar-refractivity contribution < 1.29 is 22.3 Å². The normalized spacial score (nSPS) is 11.8. The van der Waals surface area contributed by atoms with Crippen molar-refractivity contribution in [2.24, 2.45) is 0 Å². The molecule has 0 spiro atoms. The Bertz CT molecular complexity index is 786. The monoisotopic (exact) mass is 306 g/mol. The average Bonchev–Trinajstić information content (AvgIpc) is 2.89. The first-order valence-electron chi connectivity index (χ1n) is 6.71. The van der Waals surface area contributed by atoms with Gasteiger partial charge in [-0.2, -0.15) is 13.2 Å². The lowest BCUT2D eigenvalue weighted by atomic mass is 10.1. The highest BCUT2D eigenvalue weighted by Crippen LogP contribution is 2.31.